The fourth-order valence-corrected chi connectivity index (χ4v) is 5.35. The first-order valence-corrected chi connectivity index (χ1v) is 14.7. The molecule has 0 saturated heterocycles. The number of rotatable bonds is 10. The Balaban J connectivity index is 1.14. The van der Waals surface area contributed by atoms with Crippen molar-refractivity contribution in [2.24, 2.45) is 5.10 Å². The molecule has 43 heavy (non-hydrogen) atoms. The van der Waals surface area contributed by atoms with Crippen molar-refractivity contribution in [3.8, 4) is 17.0 Å². The van der Waals surface area contributed by atoms with Gasteiger partial charge >= 0.3 is 0 Å². The zero-order valence-electron chi connectivity index (χ0n) is 22.2. The maximum atomic E-state index is 12.6. The Morgan fingerprint density at radius 1 is 0.884 bits per heavy atom. The van der Waals surface area contributed by atoms with Gasteiger partial charge < -0.3 is 15.4 Å². The second-order valence-corrected chi connectivity index (χ2v) is 11.0. The van der Waals surface area contributed by atoms with E-state index in [0.717, 1.165) is 22.1 Å². The fourth-order valence-electron chi connectivity index (χ4n) is 3.81. The van der Waals surface area contributed by atoms with Crippen LogP contribution in [0.4, 0.5) is 16.5 Å². The van der Waals surface area contributed by atoms with Gasteiger partial charge in [-0.3, -0.25) is 9.59 Å². The number of carbonyl (C=O) groups is 2. The maximum Gasteiger partial charge on any atom is 0.271 e. The summed E-state index contributed by atoms with van der Waals surface area (Å²) >= 11 is 20.2. The largest absolute Gasteiger partial charge is 0.481 e. The zero-order chi connectivity index (χ0) is 30.2. The Labute approximate surface area is 266 Å². The summed E-state index contributed by atoms with van der Waals surface area (Å²) in [5.41, 5.74) is 6.53. The van der Waals surface area contributed by atoms with Crippen LogP contribution in [0.1, 0.15) is 15.9 Å². The Bertz CT molecular complexity index is 1760. The molecule has 2 amide bonds. The van der Waals surface area contributed by atoms with Gasteiger partial charge in [-0.05, 0) is 54.1 Å². The van der Waals surface area contributed by atoms with Crippen LogP contribution in [-0.2, 0) is 4.79 Å². The number of aromatic nitrogens is 1. The number of nitrogens with one attached hydrogen (secondary N) is 3. The third-order valence-corrected chi connectivity index (χ3v) is 7.52. The molecule has 0 bridgehead atoms. The van der Waals surface area contributed by atoms with Gasteiger partial charge in [0.05, 0.1) is 32.7 Å². The summed E-state index contributed by atoms with van der Waals surface area (Å²) in [6.45, 7) is -0.332. The predicted octanol–water partition coefficient (Wildman–Crippen LogP) is 8.30. The number of ether oxygens (including phenoxy) is 1. The molecule has 1 aromatic heterocycles. The van der Waals surface area contributed by atoms with Gasteiger partial charge in [0.1, 0.15) is 0 Å². The monoisotopic (exact) mass is 649 g/mol. The van der Waals surface area contributed by atoms with Crippen molar-refractivity contribution in [3.63, 3.8) is 0 Å². The standard InChI is InChI=1S/C31H22Cl3N5O3S/c32-23-8-4-5-9-26(23)37-28(40)17-42-29-24(33)14-19(15-25(29)34)16-35-39-30(41)21-12-10-20(11-13-21)27-18-43-31(38-27)36-22-6-2-1-3-7-22/h1-16,18H,17H2,(H,36,38)(H,37,40)(H,39,41)/b35-16+. The van der Waals surface area contributed by atoms with E-state index in [0.29, 0.717) is 21.8 Å². The van der Waals surface area contributed by atoms with E-state index < -0.39 is 11.8 Å². The molecule has 3 N–H and O–H groups in total. The van der Waals surface area contributed by atoms with E-state index >= 15 is 0 Å². The normalized spacial score (nSPS) is 10.9. The minimum Gasteiger partial charge on any atom is -0.481 e. The third kappa shape index (κ3) is 8.12. The smallest absolute Gasteiger partial charge is 0.271 e. The number of hydrogen-bond acceptors (Lipinski definition) is 7. The molecule has 0 aliphatic heterocycles. The van der Waals surface area contributed by atoms with Gasteiger partial charge in [-0.1, -0.05) is 77.3 Å². The summed E-state index contributed by atoms with van der Waals surface area (Å²) in [5.74, 6) is -0.686. The lowest BCUT2D eigenvalue weighted by atomic mass is 10.1. The fraction of sp³-hybridized carbons (Fsp3) is 0.0323. The van der Waals surface area contributed by atoms with E-state index in [9.17, 15) is 9.59 Å². The number of hydrazone groups is 1. The number of carbonyl (C=O) groups excluding carboxylic acids is 2. The van der Waals surface area contributed by atoms with Gasteiger partial charge in [-0.2, -0.15) is 5.10 Å². The minimum atomic E-state index is -0.432. The molecule has 0 radical (unpaired) electrons. The highest BCUT2D eigenvalue weighted by Gasteiger charge is 2.13. The van der Waals surface area contributed by atoms with E-state index in [1.165, 1.54) is 17.6 Å². The number of hydrogen-bond donors (Lipinski definition) is 3. The lowest BCUT2D eigenvalue weighted by Crippen LogP contribution is -2.20. The number of halogens is 3. The summed E-state index contributed by atoms with van der Waals surface area (Å²) in [5, 5.41) is 13.4. The molecule has 5 rings (SSSR count). The first kappa shape index (κ1) is 30.1. The van der Waals surface area contributed by atoms with Crippen molar-refractivity contribution in [1.29, 1.82) is 0 Å². The Hall–Kier alpha value is -4.41. The Kier molecular flexibility index (Phi) is 9.91. The van der Waals surface area contributed by atoms with Gasteiger partial charge in [0.15, 0.2) is 17.5 Å². The molecule has 1 heterocycles. The number of amides is 2. The first-order chi connectivity index (χ1) is 20.9. The Morgan fingerprint density at radius 2 is 1.58 bits per heavy atom. The van der Waals surface area contributed by atoms with Crippen molar-refractivity contribution in [2.75, 3.05) is 17.2 Å². The number of thiazole rings is 1. The average Bonchev–Trinajstić information content (AvgIpc) is 3.47. The van der Waals surface area contributed by atoms with E-state index in [1.54, 1.807) is 48.5 Å². The van der Waals surface area contributed by atoms with Crippen LogP contribution in [0.25, 0.3) is 11.3 Å². The zero-order valence-corrected chi connectivity index (χ0v) is 25.3. The molecule has 0 spiro atoms. The van der Waals surface area contributed by atoms with Crippen molar-refractivity contribution in [3.05, 3.63) is 123 Å². The van der Waals surface area contributed by atoms with Gasteiger partial charge in [0, 0.05) is 22.2 Å². The molecule has 5 aromatic rings. The first-order valence-electron chi connectivity index (χ1n) is 12.7. The highest BCUT2D eigenvalue weighted by molar-refractivity contribution is 7.14. The summed E-state index contributed by atoms with van der Waals surface area (Å²) in [7, 11) is 0. The van der Waals surface area contributed by atoms with Gasteiger partial charge in [-0.15, -0.1) is 11.3 Å². The molecule has 216 valence electrons. The van der Waals surface area contributed by atoms with E-state index in [4.69, 9.17) is 39.5 Å². The lowest BCUT2D eigenvalue weighted by Gasteiger charge is -2.11. The highest BCUT2D eigenvalue weighted by atomic mass is 35.5. The van der Waals surface area contributed by atoms with Crippen LogP contribution in [0, 0.1) is 0 Å². The van der Waals surface area contributed by atoms with Crippen LogP contribution in [0.3, 0.4) is 0 Å². The second-order valence-electron chi connectivity index (χ2n) is 8.94. The van der Waals surface area contributed by atoms with E-state index in [2.05, 4.69) is 26.1 Å². The highest BCUT2D eigenvalue weighted by Crippen LogP contribution is 2.34. The minimum absolute atomic E-state index is 0.141. The van der Waals surface area contributed by atoms with Crippen LogP contribution in [0.2, 0.25) is 15.1 Å². The molecule has 4 aromatic carbocycles. The summed E-state index contributed by atoms with van der Waals surface area (Å²) in [6.07, 6.45) is 1.40. The number of nitrogens with zero attached hydrogens (tertiary/aromatic N) is 2. The van der Waals surface area contributed by atoms with Crippen LogP contribution in [0.15, 0.2) is 101 Å². The lowest BCUT2D eigenvalue weighted by molar-refractivity contribution is -0.118. The van der Waals surface area contributed by atoms with E-state index in [-0.39, 0.29) is 22.4 Å². The van der Waals surface area contributed by atoms with Crippen LogP contribution in [-0.4, -0.2) is 29.6 Å². The van der Waals surface area contributed by atoms with Crippen LogP contribution < -0.4 is 20.8 Å². The molecule has 0 aliphatic rings. The van der Waals surface area contributed by atoms with Crippen molar-refractivity contribution in [1.82, 2.24) is 10.4 Å². The topological polar surface area (TPSA) is 105 Å². The van der Waals surface area contributed by atoms with Crippen molar-refractivity contribution >= 4 is 80.7 Å². The molecular formula is C31H22Cl3N5O3S. The number of anilines is 3. The molecule has 0 unspecified atom stereocenters. The second kappa shape index (κ2) is 14.2. The molecule has 12 heteroatoms. The van der Waals surface area contributed by atoms with Gasteiger partial charge in [-0.25, -0.2) is 10.4 Å². The summed E-state index contributed by atoms with van der Waals surface area (Å²) in [4.78, 5) is 29.5. The molecule has 8 nitrogen and oxygen atoms in total. The Morgan fingerprint density at radius 3 is 2.30 bits per heavy atom. The predicted molar refractivity (Wildman–Crippen MR) is 174 cm³/mol. The maximum absolute atomic E-state index is 12.6. The molecule has 0 atom stereocenters. The van der Waals surface area contributed by atoms with Gasteiger partial charge in [0.25, 0.3) is 11.8 Å². The third-order valence-electron chi connectivity index (χ3n) is 5.87. The van der Waals surface area contributed by atoms with Crippen molar-refractivity contribution in [2.45, 2.75) is 0 Å². The van der Waals surface area contributed by atoms with Crippen LogP contribution >= 0.6 is 46.1 Å². The van der Waals surface area contributed by atoms with Crippen molar-refractivity contribution < 1.29 is 14.3 Å². The van der Waals surface area contributed by atoms with Crippen LogP contribution in [0.5, 0.6) is 5.75 Å². The molecule has 0 aliphatic carbocycles. The van der Waals surface area contributed by atoms with Gasteiger partial charge in [0.2, 0.25) is 0 Å². The molecule has 0 fully saturated rings. The number of benzene rings is 4. The SMILES string of the molecule is O=C(COc1c(Cl)cc(/C=N/NC(=O)c2ccc(-c3csc(Nc4ccccc4)n3)cc2)cc1Cl)Nc1ccccc1Cl. The average molecular weight is 651 g/mol. The quantitative estimate of drug-likeness (QED) is 0.104. The summed E-state index contributed by atoms with van der Waals surface area (Å²) in [6, 6.07) is 26.8. The molecule has 0 saturated carbocycles. The van der Waals surface area contributed by atoms with E-state index in [1.807, 2.05) is 47.8 Å². The summed E-state index contributed by atoms with van der Waals surface area (Å²) < 4.78 is 5.53. The number of para-hydroxylation sites is 2. The molecular weight excluding hydrogens is 629 g/mol.